The van der Waals surface area contributed by atoms with Crippen molar-refractivity contribution in [2.24, 2.45) is 0 Å². The first kappa shape index (κ1) is 23.0. The second kappa shape index (κ2) is 9.87. The number of aromatic nitrogens is 2. The molecule has 182 valence electrons. The van der Waals surface area contributed by atoms with E-state index in [-0.39, 0.29) is 29.7 Å². The first-order valence-corrected chi connectivity index (χ1v) is 11.5. The number of amides is 2. The summed E-state index contributed by atoms with van der Waals surface area (Å²) in [5.41, 5.74) is 2.82. The molecular formula is C26H23N5O5. The Balaban J connectivity index is 1.34. The maximum atomic E-state index is 13.2. The number of furan rings is 1. The molecular weight excluding hydrogens is 462 g/mol. The second-order valence-corrected chi connectivity index (χ2v) is 8.41. The second-order valence-electron chi connectivity index (χ2n) is 8.41. The van der Waals surface area contributed by atoms with Gasteiger partial charge in [-0.1, -0.05) is 18.2 Å². The molecule has 1 saturated heterocycles. The average molecular weight is 486 g/mol. The van der Waals surface area contributed by atoms with E-state index in [9.17, 15) is 19.7 Å². The number of nitrogens with zero attached hydrogens (tertiary/aromatic N) is 5. The smallest absolute Gasteiger partial charge is 0.289 e. The Hall–Kier alpha value is -4.73. The van der Waals surface area contributed by atoms with E-state index in [1.807, 2.05) is 36.5 Å². The van der Waals surface area contributed by atoms with Crippen molar-refractivity contribution < 1.29 is 18.9 Å². The summed E-state index contributed by atoms with van der Waals surface area (Å²) in [7, 11) is 0. The van der Waals surface area contributed by atoms with Crippen LogP contribution >= 0.6 is 0 Å². The third kappa shape index (κ3) is 4.74. The summed E-state index contributed by atoms with van der Waals surface area (Å²) in [5.74, 6) is 0.0309. The molecule has 1 fully saturated rings. The molecule has 0 saturated carbocycles. The summed E-state index contributed by atoms with van der Waals surface area (Å²) >= 11 is 0. The van der Waals surface area contributed by atoms with E-state index >= 15 is 0 Å². The van der Waals surface area contributed by atoms with Gasteiger partial charge in [-0.15, -0.1) is 0 Å². The molecule has 0 atom stereocenters. The monoisotopic (exact) mass is 485 g/mol. The summed E-state index contributed by atoms with van der Waals surface area (Å²) in [6, 6.07) is 19.0. The van der Waals surface area contributed by atoms with Crippen molar-refractivity contribution in [3.8, 4) is 16.9 Å². The Morgan fingerprint density at radius 3 is 2.25 bits per heavy atom. The van der Waals surface area contributed by atoms with Crippen LogP contribution < -0.4 is 0 Å². The van der Waals surface area contributed by atoms with Gasteiger partial charge >= 0.3 is 0 Å². The molecule has 0 radical (unpaired) electrons. The van der Waals surface area contributed by atoms with Crippen LogP contribution in [-0.2, 0) is 11.2 Å². The molecule has 0 spiro atoms. The van der Waals surface area contributed by atoms with Crippen molar-refractivity contribution in [2.45, 2.75) is 6.42 Å². The number of hydrogen-bond acceptors (Lipinski definition) is 6. The number of carbonyl (C=O) groups excluding carboxylic acids is 2. The summed E-state index contributed by atoms with van der Waals surface area (Å²) in [6.07, 6.45) is 3.40. The van der Waals surface area contributed by atoms with E-state index in [0.717, 1.165) is 5.69 Å². The number of benzene rings is 2. The Morgan fingerprint density at radius 2 is 1.61 bits per heavy atom. The van der Waals surface area contributed by atoms with Crippen LogP contribution in [0.3, 0.4) is 0 Å². The largest absolute Gasteiger partial charge is 0.459 e. The van der Waals surface area contributed by atoms with Crippen molar-refractivity contribution >= 4 is 17.5 Å². The van der Waals surface area contributed by atoms with Crippen molar-refractivity contribution in [3.63, 3.8) is 0 Å². The summed E-state index contributed by atoms with van der Waals surface area (Å²) in [6.45, 7) is 1.68. The van der Waals surface area contributed by atoms with Crippen LogP contribution in [0.2, 0.25) is 0 Å². The number of hydrogen-bond donors (Lipinski definition) is 0. The molecule has 4 aromatic rings. The molecule has 36 heavy (non-hydrogen) atoms. The molecule has 0 N–H and O–H groups in total. The lowest BCUT2D eigenvalue weighted by atomic mass is 10.0. The van der Waals surface area contributed by atoms with Gasteiger partial charge in [-0.05, 0) is 36.4 Å². The normalized spacial score (nSPS) is 13.6. The minimum atomic E-state index is -0.451. The maximum absolute atomic E-state index is 13.2. The predicted molar refractivity (Wildman–Crippen MR) is 131 cm³/mol. The Labute approximate surface area is 206 Å². The lowest BCUT2D eigenvalue weighted by molar-refractivity contribution is -0.384. The van der Waals surface area contributed by atoms with Crippen LogP contribution in [0.4, 0.5) is 5.69 Å². The highest BCUT2D eigenvalue weighted by Gasteiger charge is 2.27. The van der Waals surface area contributed by atoms with Gasteiger partial charge in [0.25, 0.3) is 11.6 Å². The first-order valence-electron chi connectivity index (χ1n) is 11.5. The third-order valence-electron chi connectivity index (χ3n) is 6.16. The molecule has 10 heteroatoms. The minimum absolute atomic E-state index is 0.0131. The van der Waals surface area contributed by atoms with Crippen molar-refractivity contribution in [1.82, 2.24) is 19.6 Å². The van der Waals surface area contributed by atoms with Crippen LogP contribution in [0.25, 0.3) is 16.9 Å². The fraction of sp³-hybridized carbons (Fsp3) is 0.192. The van der Waals surface area contributed by atoms with E-state index in [1.165, 1.54) is 18.4 Å². The fourth-order valence-corrected chi connectivity index (χ4v) is 4.23. The zero-order chi connectivity index (χ0) is 25.1. The molecule has 0 aliphatic carbocycles. The molecule has 2 aromatic heterocycles. The zero-order valence-electron chi connectivity index (χ0n) is 19.3. The Kier molecular flexibility index (Phi) is 6.31. The molecule has 0 unspecified atom stereocenters. The minimum Gasteiger partial charge on any atom is -0.459 e. The molecule has 2 amide bonds. The van der Waals surface area contributed by atoms with Crippen LogP contribution in [0, 0.1) is 10.1 Å². The lowest BCUT2D eigenvalue weighted by Gasteiger charge is -2.34. The van der Waals surface area contributed by atoms with Gasteiger partial charge in [0.15, 0.2) is 5.76 Å². The number of piperazine rings is 1. The van der Waals surface area contributed by atoms with Gasteiger partial charge in [0.1, 0.15) is 0 Å². The SMILES string of the molecule is O=C(Cc1cn(-c2ccccc2)nc1-c1ccc([N+](=O)[O-])cc1)N1CCN(C(=O)c2ccco2)CC1. The molecule has 1 aliphatic rings. The van der Waals surface area contributed by atoms with E-state index < -0.39 is 4.92 Å². The van der Waals surface area contributed by atoms with Crippen molar-refractivity contribution in [3.05, 3.63) is 101 Å². The fourth-order valence-electron chi connectivity index (χ4n) is 4.23. The predicted octanol–water partition coefficient (Wildman–Crippen LogP) is 3.57. The lowest BCUT2D eigenvalue weighted by Crippen LogP contribution is -2.50. The summed E-state index contributed by atoms with van der Waals surface area (Å²) in [4.78, 5) is 39.8. The van der Waals surface area contributed by atoms with E-state index in [2.05, 4.69) is 0 Å². The first-order chi connectivity index (χ1) is 17.5. The van der Waals surface area contributed by atoms with Gasteiger partial charge in [-0.3, -0.25) is 19.7 Å². The Morgan fingerprint density at radius 1 is 0.917 bits per heavy atom. The van der Waals surface area contributed by atoms with Crippen molar-refractivity contribution in [2.75, 3.05) is 26.2 Å². The van der Waals surface area contributed by atoms with E-state index in [4.69, 9.17) is 9.52 Å². The average Bonchev–Trinajstić information content (AvgIpc) is 3.60. The van der Waals surface area contributed by atoms with Crippen LogP contribution in [0.1, 0.15) is 16.1 Å². The number of non-ortho nitro benzene ring substituents is 1. The van der Waals surface area contributed by atoms with Gasteiger partial charge in [0, 0.05) is 55.6 Å². The van der Waals surface area contributed by atoms with Gasteiger partial charge in [-0.2, -0.15) is 5.10 Å². The number of para-hydroxylation sites is 1. The summed E-state index contributed by atoms with van der Waals surface area (Å²) < 4.78 is 6.91. The van der Waals surface area contributed by atoms with Gasteiger partial charge in [-0.25, -0.2) is 4.68 Å². The highest BCUT2D eigenvalue weighted by molar-refractivity contribution is 5.91. The standard InChI is InChI=1S/C26H23N5O5/c32-24(28-12-14-29(15-13-28)26(33)23-7-4-16-36-23)17-20-18-30(21-5-2-1-3-6-21)27-25(20)19-8-10-22(11-9-19)31(34)35/h1-11,16,18H,12-15,17H2. The highest BCUT2D eigenvalue weighted by Crippen LogP contribution is 2.27. The highest BCUT2D eigenvalue weighted by atomic mass is 16.6. The third-order valence-corrected chi connectivity index (χ3v) is 6.16. The molecule has 1 aliphatic heterocycles. The van der Waals surface area contributed by atoms with Crippen LogP contribution in [0.15, 0.2) is 83.6 Å². The Bertz CT molecular complexity index is 1370. The molecule has 2 aromatic carbocycles. The van der Waals surface area contributed by atoms with Gasteiger partial charge in [0.05, 0.1) is 29.0 Å². The number of carbonyl (C=O) groups is 2. The zero-order valence-corrected chi connectivity index (χ0v) is 19.3. The molecule has 3 heterocycles. The number of rotatable bonds is 6. The molecule has 5 rings (SSSR count). The van der Waals surface area contributed by atoms with Gasteiger partial charge in [0.2, 0.25) is 5.91 Å². The van der Waals surface area contributed by atoms with E-state index in [0.29, 0.717) is 43.0 Å². The summed E-state index contributed by atoms with van der Waals surface area (Å²) in [5, 5.41) is 15.8. The van der Waals surface area contributed by atoms with Crippen LogP contribution in [-0.4, -0.2) is 62.5 Å². The number of nitro benzene ring substituents is 1. The topological polar surface area (TPSA) is 115 Å². The van der Waals surface area contributed by atoms with Gasteiger partial charge < -0.3 is 14.2 Å². The van der Waals surface area contributed by atoms with E-state index in [1.54, 1.807) is 38.7 Å². The quantitative estimate of drug-likeness (QED) is 0.305. The molecule has 10 nitrogen and oxygen atoms in total. The van der Waals surface area contributed by atoms with Crippen LogP contribution in [0.5, 0.6) is 0 Å². The van der Waals surface area contributed by atoms with Crippen molar-refractivity contribution in [1.29, 1.82) is 0 Å². The number of nitro groups is 1. The molecule has 0 bridgehead atoms. The maximum Gasteiger partial charge on any atom is 0.289 e.